The summed E-state index contributed by atoms with van der Waals surface area (Å²) in [6.45, 7) is 0. The van der Waals surface area contributed by atoms with Gasteiger partial charge in [0.15, 0.2) is 11.4 Å². The first-order valence-corrected chi connectivity index (χ1v) is 12.3. The van der Waals surface area contributed by atoms with Gasteiger partial charge < -0.3 is 20.5 Å². The summed E-state index contributed by atoms with van der Waals surface area (Å²) in [6.07, 6.45) is -0.0143. The number of thiophene rings is 1. The molecule has 1 atom stereocenters. The molecule has 0 aliphatic heterocycles. The predicted octanol–water partition coefficient (Wildman–Crippen LogP) is 2.91. The average molecular weight is 505 g/mol. The van der Waals surface area contributed by atoms with Gasteiger partial charge in [0.2, 0.25) is 0 Å². The number of pyridine rings is 1. The van der Waals surface area contributed by atoms with Gasteiger partial charge in [-0.05, 0) is 60.0 Å². The zero-order valence-electron chi connectivity index (χ0n) is 18.1. The second-order valence-corrected chi connectivity index (χ2v) is 10.1. The minimum atomic E-state index is -3.96. The van der Waals surface area contributed by atoms with Crippen LogP contribution in [0.4, 0.5) is 15.8 Å². The summed E-state index contributed by atoms with van der Waals surface area (Å²) in [5.74, 6) is -0.526. The lowest BCUT2D eigenvalue weighted by atomic mass is 10.1. The zero-order chi connectivity index (χ0) is 24.5. The molecule has 0 saturated carbocycles. The van der Waals surface area contributed by atoms with Gasteiger partial charge >= 0.3 is 0 Å². The van der Waals surface area contributed by atoms with Crippen molar-refractivity contribution in [3.8, 4) is 10.8 Å². The molecule has 4 aromatic rings. The van der Waals surface area contributed by atoms with E-state index >= 15 is 0 Å². The third-order valence-corrected chi connectivity index (χ3v) is 7.95. The molecule has 0 aliphatic rings. The molecule has 1 unspecified atom stereocenters. The van der Waals surface area contributed by atoms with Gasteiger partial charge in [-0.1, -0.05) is 11.3 Å². The average Bonchev–Trinajstić information content (AvgIpc) is 3.30. The van der Waals surface area contributed by atoms with Crippen LogP contribution in [0.1, 0.15) is 0 Å². The van der Waals surface area contributed by atoms with Crippen molar-refractivity contribution in [2.24, 2.45) is 0 Å². The van der Waals surface area contributed by atoms with Crippen LogP contribution in [-0.2, 0) is 10.0 Å². The van der Waals surface area contributed by atoms with Gasteiger partial charge in [0.25, 0.3) is 15.6 Å². The third-order valence-electron chi connectivity index (χ3n) is 5.00. The zero-order valence-corrected chi connectivity index (χ0v) is 19.7. The molecule has 2 heterocycles. The van der Waals surface area contributed by atoms with E-state index < -0.39 is 22.2 Å². The van der Waals surface area contributed by atoms with Gasteiger partial charge in [-0.2, -0.15) is 4.72 Å². The van der Waals surface area contributed by atoms with E-state index in [1.54, 1.807) is 49.6 Å². The maximum absolute atomic E-state index is 14.2. The fraction of sp³-hybridized carbons (Fsp3) is 0.136. The minimum absolute atomic E-state index is 0.00509. The molecule has 0 saturated heterocycles. The number of aromatic nitrogens is 1. The number of halogens is 1. The van der Waals surface area contributed by atoms with E-state index in [0.717, 1.165) is 11.3 Å². The van der Waals surface area contributed by atoms with Crippen LogP contribution in [0, 0.1) is 5.82 Å². The Morgan fingerprint density at radius 2 is 1.85 bits per heavy atom. The minimum Gasteiger partial charge on any atom is -0.487 e. The van der Waals surface area contributed by atoms with Crippen LogP contribution in [0.3, 0.4) is 0 Å². The van der Waals surface area contributed by atoms with E-state index in [-0.39, 0.29) is 15.2 Å². The van der Waals surface area contributed by atoms with E-state index in [9.17, 15) is 22.7 Å². The number of ether oxygens (including phenoxy) is 1. The number of sulfonamides is 1. The molecule has 0 aliphatic carbocycles. The quantitative estimate of drug-likeness (QED) is 0.272. The Balaban J connectivity index is 1.51. The van der Waals surface area contributed by atoms with E-state index in [1.807, 2.05) is 0 Å². The maximum atomic E-state index is 14.2. The summed E-state index contributed by atoms with van der Waals surface area (Å²) in [4.78, 5) is 12.9. The number of nitrogens with one attached hydrogen (secondary N) is 3. The Hall–Kier alpha value is -3.45. The van der Waals surface area contributed by atoms with E-state index in [4.69, 9.17) is 4.74 Å². The van der Waals surface area contributed by atoms with Crippen LogP contribution in [-0.4, -0.2) is 38.6 Å². The normalized spacial score (nSPS) is 12.5. The van der Waals surface area contributed by atoms with Crippen molar-refractivity contribution in [2.45, 2.75) is 10.6 Å². The van der Waals surface area contributed by atoms with Crippen LogP contribution in [0.5, 0.6) is 5.06 Å². The number of fused-ring (bicyclic) bond motifs is 1. The Morgan fingerprint density at radius 3 is 2.50 bits per heavy atom. The highest BCUT2D eigenvalue weighted by Gasteiger charge is 2.21. The Bertz CT molecular complexity index is 1500. The molecular weight excluding hydrogens is 483 g/mol. The second kappa shape index (κ2) is 9.43. The topological polar surface area (TPSA) is 122 Å². The molecule has 0 spiro atoms. The van der Waals surface area contributed by atoms with Crippen molar-refractivity contribution in [1.29, 1.82) is 0 Å². The molecule has 4 rings (SSSR count). The molecule has 0 amide bonds. The fourth-order valence-corrected chi connectivity index (χ4v) is 5.43. The summed E-state index contributed by atoms with van der Waals surface area (Å²) < 4.78 is 47.4. The lowest BCUT2D eigenvalue weighted by Gasteiger charge is -2.16. The number of hydrogen-bond donors (Lipinski definition) is 4. The number of anilines is 2. The molecule has 9 nitrogen and oxygen atoms in total. The first-order valence-electron chi connectivity index (χ1n) is 9.96. The number of nitrogens with zero attached hydrogens (tertiary/aromatic N) is 1. The largest absolute Gasteiger partial charge is 0.487 e. The van der Waals surface area contributed by atoms with Gasteiger partial charge in [0.1, 0.15) is 10.0 Å². The number of aliphatic hydroxyl groups excluding tert-OH is 1. The number of methoxy groups -OCH3 is 1. The first-order chi connectivity index (χ1) is 16.2. The summed E-state index contributed by atoms with van der Waals surface area (Å²) in [5, 5.41) is 16.8. The van der Waals surface area contributed by atoms with Crippen molar-refractivity contribution in [1.82, 2.24) is 9.29 Å². The first kappa shape index (κ1) is 23.7. The number of rotatable bonds is 8. The molecule has 34 heavy (non-hydrogen) atoms. The van der Waals surface area contributed by atoms with Crippen molar-refractivity contribution in [2.75, 3.05) is 24.8 Å². The van der Waals surface area contributed by atoms with Crippen molar-refractivity contribution >= 4 is 43.5 Å². The molecule has 2 aromatic carbocycles. The fourth-order valence-electron chi connectivity index (χ4n) is 3.33. The molecule has 12 heteroatoms. The summed E-state index contributed by atoms with van der Waals surface area (Å²) in [6, 6.07) is 13.7. The Kier molecular flexibility index (Phi) is 6.57. The molecule has 4 N–H and O–H groups in total. The van der Waals surface area contributed by atoms with Crippen molar-refractivity contribution in [3.05, 3.63) is 77.0 Å². The Morgan fingerprint density at radius 1 is 1.12 bits per heavy atom. The third kappa shape index (κ3) is 4.75. The van der Waals surface area contributed by atoms with Crippen LogP contribution < -0.4 is 25.7 Å². The van der Waals surface area contributed by atoms with E-state index in [1.165, 1.54) is 29.9 Å². The lowest BCUT2D eigenvalue weighted by Crippen LogP contribution is -2.39. The highest BCUT2D eigenvalue weighted by molar-refractivity contribution is 7.91. The smallest absolute Gasteiger partial charge is 0.263 e. The highest BCUT2D eigenvalue weighted by atomic mass is 32.2. The van der Waals surface area contributed by atoms with Gasteiger partial charge in [0.05, 0.1) is 18.2 Å². The van der Waals surface area contributed by atoms with Crippen LogP contribution in [0.2, 0.25) is 0 Å². The van der Waals surface area contributed by atoms with Crippen LogP contribution in [0.15, 0.2) is 69.8 Å². The predicted molar refractivity (Wildman–Crippen MR) is 130 cm³/mol. The van der Waals surface area contributed by atoms with Crippen molar-refractivity contribution < 1.29 is 22.7 Å². The molecular formula is C22H21FN4O5S2. The van der Waals surface area contributed by atoms with Crippen LogP contribution >= 0.6 is 11.3 Å². The highest BCUT2D eigenvalue weighted by Crippen LogP contribution is 2.27. The molecule has 0 fully saturated rings. The van der Waals surface area contributed by atoms with Gasteiger partial charge in [-0.3, -0.25) is 9.36 Å². The maximum Gasteiger partial charge on any atom is 0.263 e. The van der Waals surface area contributed by atoms with E-state index in [0.29, 0.717) is 27.5 Å². The van der Waals surface area contributed by atoms with Crippen LogP contribution in [0.25, 0.3) is 16.5 Å². The summed E-state index contributed by atoms with van der Waals surface area (Å²) in [7, 11) is -0.930. The standard InChI is InChI=1S/C22H21FN4O5S2/c1-24-18-11-13-9-10-27(21(28)16(13)12-17(18)23)15-5-3-14(4-6-15)25-22(29)26-34(30,31)20-8-7-19(32-2)33-20/h3-12,22,24-26,29H,1-2H3. The monoisotopic (exact) mass is 504 g/mol. The number of benzene rings is 2. The molecule has 0 radical (unpaired) electrons. The second-order valence-electron chi connectivity index (χ2n) is 7.15. The van der Waals surface area contributed by atoms with Gasteiger partial charge in [-0.15, -0.1) is 0 Å². The summed E-state index contributed by atoms with van der Waals surface area (Å²) in [5.41, 5.74) is 0.823. The SMILES string of the molecule is CNc1cc2ccn(-c3ccc(NC(O)NS(=O)(=O)c4ccc(OC)s4)cc3)c(=O)c2cc1F. The van der Waals surface area contributed by atoms with E-state index in [2.05, 4.69) is 15.4 Å². The molecule has 178 valence electrons. The Labute approximate surface area is 198 Å². The summed E-state index contributed by atoms with van der Waals surface area (Å²) >= 11 is 0.922. The molecule has 0 bridgehead atoms. The number of aliphatic hydroxyl groups is 1. The molecule has 2 aromatic heterocycles. The van der Waals surface area contributed by atoms with Gasteiger partial charge in [-0.25, -0.2) is 12.8 Å². The lowest BCUT2D eigenvalue weighted by molar-refractivity contribution is 0.192. The number of hydrogen-bond acceptors (Lipinski definition) is 8. The van der Waals surface area contributed by atoms with Gasteiger partial charge in [0, 0.05) is 24.6 Å². The van der Waals surface area contributed by atoms with Crippen molar-refractivity contribution in [3.63, 3.8) is 0 Å².